The number of para-hydroxylation sites is 1. The molecule has 0 fully saturated rings. The fourth-order valence-corrected chi connectivity index (χ4v) is 3.59. The lowest BCUT2D eigenvalue weighted by molar-refractivity contribution is -0.121. The fourth-order valence-electron chi connectivity index (χ4n) is 2.45. The largest absolute Gasteiger partial charge is 0.273 e. The van der Waals surface area contributed by atoms with E-state index >= 15 is 0 Å². The molecule has 0 unspecified atom stereocenters. The summed E-state index contributed by atoms with van der Waals surface area (Å²) in [7, 11) is 0. The van der Waals surface area contributed by atoms with Gasteiger partial charge in [0, 0.05) is 17.0 Å². The van der Waals surface area contributed by atoms with Crippen LogP contribution in [0, 0.1) is 0 Å². The number of halogens is 1. The topological polar surface area (TPSA) is 71.1 Å². The molecular weight excluding hydrogens is 370 g/mol. The molecule has 0 saturated heterocycles. The van der Waals surface area contributed by atoms with E-state index in [2.05, 4.69) is 21.9 Å². The summed E-state index contributed by atoms with van der Waals surface area (Å²) in [5.41, 5.74) is 6.29. The standard InChI is InChI=1S/C19H18ClN3O2S/c20-14-11-9-13(10-12-14)19(25)23-22-17(24)7-3-4-8-18-21-15-5-1-2-6-16(15)26-18/h1-2,5-6,9-12H,3-4,7-8H2,(H,22,24)(H,23,25). The third-order valence-electron chi connectivity index (χ3n) is 3.80. The van der Waals surface area contributed by atoms with Crippen LogP contribution in [-0.2, 0) is 11.2 Å². The molecule has 2 amide bonds. The Bertz CT molecular complexity index is 876. The van der Waals surface area contributed by atoms with Gasteiger partial charge in [-0.25, -0.2) is 4.98 Å². The summed E-state index contributed by atoms with van der Waals surface area (Å²) >= 11 is 7.47. The molecule has 5 nitrogen and oxygen atoms in total. The van der Waals surface area contributed by atoms with Crippen molar-refractivity contribution in [2.75, 3.05) is 0 Å². The number of amides is 2. The highest BCUT2D eigenvalue weighted by Crippen LogP contribution is 2.22. The van der Waals surface area contributed by atoms with Crippen molar-refractivity contribution in [2.45, 2.75) is 25.7 Å². The molecule has 134 valence electrons. The van der Waals surface area contributed by atoms with Crippen LogP contribution in [-0.4, -0.2) is 16.8 Å². The van der Waals surface area contributed by atoms with Crippen LogP contribution < -0.4 is 10.9 Å². The molecule has 1 heterocycles. The number of unbranched alkanes of at least 4 members (excludes halogenated alkanes) is 1. The van der Waals surface area contributed by atoms with Crippen LogP contribution >= 0.6 is 22.9 Å². The molecule has 0 atom stereocenters. The molecule has 0 aliphatic rings. The summed E-state index contributed by atoms with van der Waals surface area (Å²) in [5.74, 6) is -0.582. The molecule has 3 rings (SSSR count). The van der Waals surface area contributed by atoms with Gasteiger partial charge in [-0.1, -0.05) is 23.7 Å². The minimum Gasteiger partial charge on any atom is -0.273 e. The lowest BCUT2D eigenvalue weighted by atomic mass is 10.2. The fraction of sp³-hybridized carbons (Fsp3) is 0.211. The van der Waals surface area contributed by atoms with Crippen LogP contribution in [0.5, 0.6) is 0 Å². The number of aryl methyl sites for hydroxylation is 1. The van der Waals surface area contributed by atoms with E-state index in [9.17, 15) is 9.59 Å². The predicted octanol–water partition coefficient (Wildman–Crippen LogP) is 4.12. The van der Waals surface area contributed by atoms with E-state index in [4.69, 9.17) is 11.6 Å². The van der Waals surface area contributed by atoms with E-state index < -0.39 is 0 Å². The van der Waals surface area contributed by atoms with Crippen LogP contribution in [0.3, 0.4) is 0 Å². The van der Waals surface area contributed by atoms with Gasteiger partial charge in [0.25, 0.3) is 5.91 Å². The molecule has 2 aromatic carbocycles. The summed E-state index contributed by atoms with van der Waals surface area (Å²) in [5, 5.41) is 1.64. The van der Waals surface area contributed by atoms with Gasteiger partial charge in [-0.3, -0.25) is 20.4 Å². The van der Waals surface area contributed by atoms with Gasteiger partial charge in [0.05, 0.1) is 15.2 Å². The van der Waals surface area contributed by atoms with Crippen molar-refractivity contribution >= 4 is 45.0 Å². The van der Waals surface area contributed by atoms with Crippen molar-refractivity contribution in [1.82, 2.24) is 15.8 Å². The molecular formula is C19H18ClN3O2S. The average molecular weight is 388 g/mol. The third kappa shape index (κ3) is 5.03. The highest BCUT2D eigenvalue weighted by molar-refractivity contribution is 7.18. The van der Waals surface area contributed by atoms with E-state index in [1.807, 2.05) is 18.2 Å². The minimum absolute atomic E-state index is 0.211. The Morgan fingerprint density at radius 1 is 1.00 bits per heavy atom. The van der Waals surface area contributed by atoms with Gasteiger partial charge in [-0.15, -0.1) is 11.3 Å². The zero-order valence-electron chi connectivity index (χ0n) is 14.0. The Kier molecular flexibility index (Phi) is 6.20. The van der Waals surface area contributed by atoms with E-state index in [1.54, 1.807) is 35.6 Å². The van der Waals surface area contributed by atoms with Crippen LogP contribution in [0.1, 0.15) is 34.6 Å². The van der Waals surface area contributed by atoms with E-state index in [0.29, 0.717) is 17.0 Å². The Hall–Kier alpha value is -2.44. The van der Waals surface area contributed by atoms with Gasteiger partial charge in [0.2, 0.25) is 5.91 Å². The van der Waals surface area contributed by atoms with E-state index in [1.165, 1.54) is 4.70 Å². The summed E-state index contributed by atoms with van der Waals surface area (Å²) < 4.78 is 1.19. The highest BCUT2D eigenvalue weighted by Gasteiger charge is 2.08. The lowest BCUT2D eigenvalue weighted by Gasteiger charge is -2.07. The van der Waals surface area contributed by atoms with Crippen molar-refractivity contribution in [3.8, 4) is 0 Å². The summed E-state index contributed by atoms with van der Waals surface area (Å²) in [6.07, 6.45) is 2.81. The van der Waals surface area contributed by atoms with Crippen LogP contribution in [0.15, 0.2) is 48.5 Å². The molecule has 0 aliphatic carbocycles. The predicted molar refractivity (Wildman–Crippen MR) is 104 cm³/mol. The maximum atomic E-state index is 11.9. The first-order chi connectivity index (χ1) is 12.6. The first-order valence-corrected chi connectivity index (χ1v) is 9.50. The molecule has 0 radical (unpaired) electrons. The number of nitrogens with one attached hydrogen (secondary N) is 2. The Labute approximate surface area is 160 Å². The molecule has 0 saturated carbocycles. The number of hydrogen-bond donors (Lipinski definition) is 2. The van der Waals surface area contributed by atoms with Crippen LogP contribution in [0.2, 0.25) is 5.02 Å². The first-order valence-electron chi connectivity index (χ1n) is 8.31. The van der Waals surface area contributed by atoms with Gasteiger partial charge in [0.1, 0.15) is 0 Å². The Morgan fingerprint density at radius 3 is 2.54 bits per heavy atom. The summed E-state index contributed by atoms with van der Waals surface area (Å²) in [4.78, 5) is 28.3. The summed E-state index contributed by atoms with van der Waals surface area (Å²) in [6.45, 7) is 0. The number of carbonyl (C=O) groups excluding carboxylic acids is 2. The maximum absolute atomic E-state index is 11.9. The number of aromatic nitrogens is 1. The smallest absolute Gasteiger partial charge is 0.269 e. The molecule has 1 aromatic heterocycles. The maximum Gasteiger partial charge on any atom is 0.269 e. The minimum atomic E-state index is -0.371. The molecule has 2 N–H and O–H groups in total. The first kappa shape index (κ1) is 18.4. The van der Waals surface area contributed by atoms with Crippen molar-refractivity contribution in [2.24, 2.45) is 0 Å². The molecule has 0 bridgehead atoms. The van der Waals surface area contributed by atoms with Crippen molar-refractivity contribution in [3.05, 3.63) is 64.1 Å². The number of hydrogen-bond acceptors (Lipinski definition) is 4. The zero-order chi connectivity index (χ0) is 18.4. The zero-order valence-corrected chi connectivity index (χ0v) is 15.6. The molecule has 3 aromatic rings. The highest BCUT2D eigenvalue weighted by atomic mass is 35.5. The normalized spacial score (nSPS) is 10.7. The Balaban J connectivity index is 1.36. The number of thiazole rings is 1. The van der Waals surface area contributed by atoms with Crippen molar-refractivity contribution in [3.63, 3.8) is 0 Å². The average Bonchev–Trinajstić information content (AvgIpc) is 3.06. The quantitative estimate of drug-likeness (QED) is 0.493. The van der Waals surface area contributed by atoms with Gasteiger partial charge >= 0.3 is 0 Å². The SMILES string of the molecule is O=C(CCCCc1nc2ccccc2s1)NNC(=O)c1ccc(Cl)cc1. The van der Waals surface area contributed by atoms with Crippen LogP contribution in [0.4, 0.5) is 0 Å². The second-order valence-electron chi connectivity index (χ2n) is 5.79. The number of hydrazine groups is 1. The Morgan fingerprint density at radius 2 is 1.77 bits per heavy atom. The summed E-state index contributed by atoms with van der Waals surface area (Å²) in [6, 6.07) is 14.5. The van der Waals surface area contributed by atoms with Gasteiger partial charge in [0.15, 0.2) is 0 Å². The second kappa shape index (κ2) is 8.78. The second-order valence-corrected chi connectivity index (χ2v) is 7.34. The molecule has 0 spiro atoms. The monoisotopic (exact) mass is 387 g/mol. The van der Waals surface area contributed by atoms with Gasteiger partial charge in [-0.2, -0.15) is 0 Å². The molecule has 7 heteroatoms. The number of nitrogens with zero attached hydrogens (tertiary/aromatic N) is 1. The third-order valence-corrected chi connectivity index (χ3v) is 5.15. The van der Waals surface area contributed by atoms with E-state index in [-0.39, 0.29) is 11.8 Å². The number of carbonyl (C=O) groups is 2. The number of benzene rings is 2. The van der Waals surface area contributed by atoms with Gasteiger partial charge < -0.3 is 0 Å². The van der Waals surface area contributed by atoms with Gasteiger partial charge in [-0.05, 0) is 55.7 Å². The number of fused-ring (bicyclic) bond motifs is 1. The molecule has 0 aliphatic heterocycles. The van der Waals surface area contributed by atoms with Crippen LogP contribution in [0.25, 0.3) is 10.2 Å². The number of rotatable bonds is 6. The van der Waals surface area contributed by atoms with Crippen molar-refractivity contribution in [1.29, 1.82) is 0 Å². The molecule has 26 heavy (non-hydrogen) atoms. The lowest BCUT2D eigenvalue weighted by Crippen LogP contribution is -2.41. The van der Waals surface area contributed by atoms with E-state index in [0.717, 1.165) is 29.8 Å². The van der Waals surface area contributed by atoms with Crippen molar-refractivity contribution < 1.29 is 9.59 Å².